The topological polar surface area (TPSA) is 107 Å². The van der Waals surface area contributed by atoms with E-state index in [1.54, 1.807) is 24.5 Å². The molecule has 0 aliphatic carbocycles. The van der Waals surface area contributed by atoms with Crippen LogP contribution in [-0.4, -0.2) is 26.2 Å². The average molecular weight is 299 g/mol. The number of hydrogen-bond acceptors (Lipinski definition) is 7. The van der Waals surface area contributed by atoms with E-state index in [0.717, 1.165) is 5.56 Å². The summed E-state index contributed by atoms with van der Waals surface area (Å²) in [5, 5.41) is 10.3. The van der Waals surface area contributed by atoms with Crippen LogP contribution in [0.15, 0.2) is 45.9 Å². The molecule has 8 nitrogen and oxygen atoms in total. The number of amides is 1. The zero-order valence-electron chi connectivity index (χ0n) is 11.6. The highest BCUT2D eigenvalue weighted by Crippen LogP contribution is 2.14. The Labute approximate surface area is 125 Å². The van der Waals surface area contributed by atoms with Crippen molar-refractivity contribution in [3.63, 3.8) is 0 Å². The van der Waals surface area contributed by atoms with Crippen LogP contribution >= 0.6 is 0 Å². The van der Waals surface area contributed by atoms with Gasteiger partial charge in [0.05, 0.1) is 6.54 Å². The number of carbonyl (C=O) groups excluding carboxylic acids is 1. The molecular weight excluding hydrogens is 286 g/mol. The zero-order valence-corrected chi connectivity index (χ0v) is 11.6. The van der Waals surface area contributed by atoms with Crippen molar-refractivity contribution in [1.82, 2.24) is 25.6 Å². The molecule has 3 rings (SSSR count). The highest BCUT2D eigenvalue weighted by atomic mass is 16.5. The molecule has 0 saturated heterocycles. The Hall–Kier alpha value is -3.03. The van der Waals surface area contributed by atoms with Gasteiger partial charge in [0.25, 0.3) is 0 Å². The minimum atomic E-state index is -0.121. The largest absolute Gasteiger partial charge is 0.364 e. The van der Waals surface area contributed by atoms with Gasteiger partial charge < -0.3 is 14.4 Å². The van der Waals surface area contributed by atoms with Crippen LogP contribution in [-0.2, 0) is 17.8 Å². The van der Waals surface area contributed by atoms with E-state index >= 15 is 0 Å². The molecule has 1 amide bonds. The van der Waals surface area contributed by atoms with E-state index in [4.69, 9.17) is 4.52 Å². The van der Waals surface area contributed by atoms with Crippen molar-refractivity contribution in [2.75, 3.05) is 0 Å². The highest BCUT2D eigenvalue weighted by Gasteiger charge is 2.10. The van der Waals surface area contributed by atoms with Crippen LogP contribution < -0.4 is 5.32 Å². The minimum absolute atomic E-state index is 0.121. The zero-order chi connectivity index (χ0) is 15.2. The quantitative estimate of drug-likeness (QED) is 0.732. The maximum atomic E-state index is 11.7. The van der Waals surface area contributed by atoms with Crippen molar-refractivity contribution >= 4 is 5.91 Å². The number of pyridine rings is 1. The lowest BCUT2D eigenvalue weighted by Crippen LogP contribution is -2.23. The fourth-order valence-corrected chi connectivity index (χ4v) is 1.80. The predicted molar refractivity (Wildman–Crippen MR) is 74.2 cm³/mol. The van der Waals surface area contributed by atoms with E-state index in [-0.39, 0.29) is 12.3 Å². The SMILES string of the molecule is O=C(CCc1nc(-c2cccnc2)no1)NCc1ccon1. The Morgan fingerprint density at radius 3 is 3.00 bits per heavy atom. The summed E-state index contributed by atoms with van der Waals surface area (Å²) in [6.07, 6.45) is 5.41. The highest BCUT2D eigenvalue weighted by molar-refractivity contribution is 5.75. The molecule has 0 radical (unpaired) electrons. The molecule has 0 unspecified atom stereocenters. The summed E-state index contributed by atoms with van der Waals surface area (Å²) in [5.41, 5.74) is 1.44. The fourth-order valence-electron chi connectivity index (χ4n) is 1.80. The van der Waals surface area contributed by atoms with Gasteiger partial charge >= 0.3 is 0 Å². The normalized spacial score (nSPS) is 10.5. The number of aryl methyl sites for hydroxylation is 1. The Balaban J connectivity index is 1.49. The number of carbonyl (C=O) groups is 1. The lowest BCUT2D eigenvalue weighted by molar-refractivity contribution is -0.121. The third-order valence-corrected chi connectivity index (χ3v) is 2.91. The summed E-state index contributed by atoms with van der Waals surface area (Å²) >= 11 is 0. The van der Waals surface area contributed by atoms with Gasteiger partial charge in [-0.15, -0.1) is 0 Å². The van der Waals surface area contributed by atoms with E-state index in [0.29, 0.717) is 30.4 Å². The molecule has 1 N–H and O–H groups in total. The molecule has 8 heteroatoms. The average Bonchev–Trinajstić information content (AvgIpc) is 3.23. The van der Waals surface area contributed by atoms with Gasteiger partial charge in [0.2, 0.25) is 17.6 Å². The van der Waals surface area contributed by atoms with Gasteiger partial charge in [-0.05, 0) is 12.1 Å². The lowest BCUT2D eigenvalue weighted by atomic mass is 10.2. The van der Waals surface area contributed by atoms with Crippen molar-refractivity contribution in [3.8, 4) is 11.4 Å². The first-order valence-corrected chi connectivity index (χ1v) is 6.70. The Kier molecular flexibility index (Phi) is 4.19. The summed E-state index contributed by atoms with van der Waals surface area (Å²) in [5.74, 6) is 0.755. The molecule has 22 heavy (non-hydrogen) atoms. The number of nitrogens with zero attached hydrogens (tertiary/aromatic N) is 4. The molecule has 0 aromatic carbocycles. The first-order valence-electron chi connectivity index (χ1n) is 6.70. The molecule has 0 fully saturated rings. The molecule has 3 aromatic rings. The third-order valence-electron chi connectivity index (χ3n) is 2.91. The van der Waals surface area contributed by atoms with Gasteiger partial charge in [-0.3, -0.25) is 9.78 Å². The van der Waals surface area contributed by atoms with Crippen LogP contribution in [0.2, 0.25) is 0 Å². The van der Waals surface area contributed by atoms with Crippen molar-refractivity contribution in [2.45, 2.75) is 19.4 Å². The number of rotatable bonds is 6. The van der Waals surface area contributed by atoms with Crippen molar-refractivity contribution in [1.29, 1.82) is 0 Å². The van der Waals surface area contributed by atoms with Crippen LogP contribution in [0.1, 0.15) is 18.0 Å². The molecule has 3 heterocycles. The Morgan fingerprint density at radius 1 is 1.27 bits per heavy atom. The van der Waals surface area contributed by atoms with Crippen LogP contribution in [0, 0.1) is 0 Å². The van der Waals surface area contributed by atoms with Crippen LogP contribution in [0.4, 0.5) is 0 Å². The second kappa shape index (κ2) is 6.61. The van der Waals surface area contributed by atoms with Gasteiger partial charge in [-0.25, -0.2) is 0 Å². The summed E-state index contributed by atoms with van der Waals surface area (Å²) in [7, 11) is 0. The molecule has 0 spiro atoms. The first-order chi connectivity index (χ1) is 10.8. The van der Waals surface area contributed by atoms with Crippen LogP contribution in [0.3, 0.4) is 0 Å². The van der Waals surface area contributed by atoms with Crippen molar-refractivity contribution in [3.05, 3.63) is 48.4 Å². The van der Waals surface area contributed by atoms with Crippen molar-refractivity contribution < 1.29 is 13.8 Å². The Bertz CT molecular complexity index is 724. The second-order valence-corrected chi connectivity index (χ2v) is 4.52. The van der Waals surface area contributed by atoms with Gasteiger partial charge in [0.1, 0.15) is 12.0 Å². The molecule has 0 saturated carbocycles. The summed E-state index contributed by atoms with van der Waals surface area (Å²) < 4.78 is 9.80. The number of hydrogen-bond donors (Lipinski definition) is 1. The molecular formula is C14H13N5O3. The van der Waals surface area contributed by atoms with Gasteiger partial charge in [-0.1, -0.05) is 10.3 Å². The predicted octanol–water partition coefficient (Wildman–Crippen LogP) is 1.37. The standard InChI is InChI=1S/C14H13N5O3/c20-12(16-9-11-5-7-21-18-11)3-4-13-17-14(19-22-13)10-2-1-6-15-8-10/h1-2,5-8H,3-4,9H2,(H,16,20). The van der Waals surface area contributed by atoms with E-state index < -0.39 is 0 Å². The fraction of sp³-hybridized carbons (Fsp3) is 0.214. The maximum absolute atomic E-state index is 11.7. The molecule has 3 aromatic heterocycles. The van der Waals surface area contributed by atoms with Crippen LogP contribution in [0.25, 0.3) is 11.4 Å². The van der Waals surface area contributed by atoms with Crippen LogP contribution in [0.5, 0.6) is 0 Å². The molecule has 0 aliphatic heterocycles. The maximum Gasteiger partial charge on any atom is 0.227 e. The van der Waals surface area contributed by atoms with Crippen molar-refractivity contribution in [2.24, 2.45) is 0 Å². The van der Waals surface area contributed by atoms with Gasteiger partial charge in [-0.2, -0.15) is 4.98 Å². The summed E-state index contributed by atoms with van der Waals surface area (Å²) in [6, 6.07) is 5.33. The molecule has 112 valence electrons. The summed E-state index contributed by atoms with van der Waals surface area (Å²) in [6.45, 7) is 0.333. The molecule has 0 atom stereocenters. The van der Waals surface area contributed by atoms with E-state index in [9.17, 15) is 4.79 Å². The monoisotopic (exact) mass is 299 g/mol. The molecule has 0 bridgehead atoms. The van der Waals surface area contributed by atoms with E-state index in [1.165, 1.54) is 6.26 Å². The van der Waals surface area contributed by atoms with Gasteiger partial charge in [0.15, 0.2) is 0 Å². The Morgan fingerprint density at radius 2 is 2.23 bits per heavy atom. The van der Waals surface area contributed by atoms with E-state index in [2.05, 4.69) is 30.1 Å². The summed E-state index contributed by atoms with van der Waals surface area (Å²) in [4.78, 5) is 20.0. The molecule has 0 aliphatic rings. The smallest absolute Gasteiger partial charge is 0.227 e. The first kappa shape index (κ1) is 13.9. The lowest BCUT2D eigenvalue weighted by Gasteiger charge is -2.00. The number of nitrogens with one attached hydrogen (secondary N) is 1. The minimum Gasteiger partial charge on any atom is -0.364 e. The van der Waals surface area contributed by atoms with E-state index in [1.807, 2.05) is 6.07 Å². The van der Waals surface area contributed by atoms with Gasteiger partial charge in [0, 0.05) is 36.9 Å². The second-order valence-electron chi connectivity index (χ2n) is 4.52. The number of aromatic nitrogens is 4. The third kappa shape index (κ3) is 3.54.